The predicted molar refractivity (Wildman–Crippen MR) is 90.8 cm³/mol. The molecule has 0 radical (unpaired) electrons. The minimum atomic E-state index is 0. The average molecular weight is 315 g/mol. The van der Waals surface area contributed by atoms with Gasteiger partial charge >= 0.3 is 0 Å². The second-order valence-electron chi connectivity index (χ2n) is 6.61. The van der Waals surface area contributed by atoms with E-state index in [1.807, 2.05) is 6.08 Å². The first-order chi connectivity index (χ1) is 9.70. The van der Waals surface area contributed by atoms with Crippen LogP contribution in [0.4, 0.5) is 0 Å². The maximum Gasteiger partial charge on any atom is 0.226 e. The van der Waals surface area contributed by atoms with Gasteiger partial charge < -0.3 is 10.2 Å². The number of carbonyl (C=O) groups is 1. The van der Waals surface area contributed by atoms with Gasteiger partial charge in [0.25, 0.3) is 0 Å². The highest BCUT2D eigenvalue weighted by molar-refractivity contribution is 5.85. The molecule has 2 fully saturated rings. The van der Waals surface area contributed by atoms with E-state index >= 15 is 0 Å². The highest BCUT2D eigenvalue weighted by Crippen LogP contribution is 2.26. The number of hydrogen-bond acceptors (Lipinski definition) is 2. The van der Waals surface area contributed by atoms with Crippen LogP contribution in [0.2, 0.25) is 0 Å². The zero-order chi connectivity index (χ0) is 14.4. The van der Waals surface area contributed by atoms with Crippen LogP contribution < -0.4 is 5.32 Å². The molecule has 0 bridgehead atoms. The first-order valence-electron chi connectivity index (χ1n) is 8.33. The Morgan fingerprint density at radius 1 is 1.29 bits per heavy atom. The quantitative estimate of drug-likeness (QED) is 0.789. The Morgan fingerprint density at radius 3 is 2.62 bits per heavy atom. The van der Waals surface area contributed by atoms with Gasteiger partial charge in [-0.3, -0.25) is 4.79 Å². The van der Waals surface area contributed by atoms with Gasteiger partial charge in [-0.05, 0) is 45.1 Å². The second-order valence-corrected chi connectivity index (χ2v) is 6.61. The lowest BCUT2D eigenvalue weighted by Crippen LogP contribution is -2.45. The Kier molecular flexibility index (Phi) is 8.35. The fraction of sp³-hybridized carbons (Fsp3) is 0.824. The number of amides is 1. The number of hydrogen-bond donors (Lipinski definition) is 1. The van der Waals surface area contributed by atoms with Crippen molar-refractivity contribution < 1.29 is 4.79 Å². The minimum absolute atomic E-state index is 0. The lowest BCUT2D eigenvalue weighted by molar-refractivity contribution is -0.137. The van der Waals surface area contributed by atoms with Crippen molar-refractivity contribution in [1.29, 1.82) is 0 Å². The van der Waals surface area contributed by atoms with Crippen LogP contribution in [0.3, 0.4) is 0 Å². The van der Waals surface area contributed by atoms with Crippen LogP contribution in [0.25, 0.3) is 0 Å². The maximum absolute atomic E-state index is 12.8. The van der Waals surface area contributed by atoms with Crippen molar-refractivity contribution >= 4 is 18.3 Å². The smallest absolute Gasteiger partial charge is 0.226 e. The van der Waals surface area contributed by atoms with Gasteiger partial charge in [-0.2, -0.15) is 0 Å². The molecule has 21 heavy (non-hydrogen) atoms. The summed E-state index contributed by atoms with van der Waals surface area (Å²) in [5.74, 6) is 1.30. The van der Waals surface area contributed by atoms with Crippen molar-refractivity contribution in [3.63, 3.8) is 0 Å². The number of rotatable bonds is 5. The molecule has 0 aromatic rings. The lowest BCUT2D eigenvalue weighted by Gasteiger charge is -2.34. The van der Waals surface area contributed by atoms with Gasteiger partial charge in [0.1, 0.15) is 0 Å². The normalized spacial score (nSPS) is 26.7. The summed E-state index contributed by atoms with van der Waals surface area (Å²) in [6.45, 7) is 8.65. The van der Waals surface area contributed by atoms with Crippen LogP contribution in [0, 0.1) is 11.8 Å². The van der Waals surface area contributed by atoms with E-state index in [2.05, 4.69) is 23.7 Å². The molecule has 1 aliphatic heterocycles. The summed E-state index contributed by atoms with van der Waals surface area (Å²) < 4.78 is 0. The van der Waals surface area contributed by atoms with Crippen LogP contribution in [-0.2, 0) is 4.79 Å². The van der Waals surface area contributed by atoms with Crippen LogP contribution in [0.15, 0.2) is 12.7 Å². The van der Waals surface area contributed by atoms with Crippen LogP contribution in [0.5, 0.6) is 0 Å². The number of nitrogens with zero attached hydrogens (tertiary/aromatic N) is 1. The molecule has 1 aliphatic carbocycles. The second kappa shape index (κ2) is 9.47. The molecule has 0 unspecified atom stereocenters. The van der Waals surface area contributed by atoms with E-state index < -0.39 is 0 Å². The molecule has 4 heteroatoms. The summed E-state index contributed by atoms with van der Waals surface area (Å²) in [4.78, 5) is 14.8. The molecule has 0 spiro atoms. The van der Waals surface area contributed by atoms with Crippen molar-refractivity contribution in [2.24, 2.45) is 11.8 Å². The van der Waals surface area contributed by atoms with Gasteiger partial charge in [-0.15, -0.1) is 19.0 Å². The summed E-state index contributed by atoms with van der Waals surface area (Å²) in [6, 6.07) is 0.470. The topological polar surface area (TPSA) is 32.3 Å². The van der Waals surface area contributed by atoms with Gasteiger partial charge in [0.05, 0.1) is 0 Å². The highest BCUT2D eigenvalue weighted by Gasteiger charge is 2.29. The van der Waals surface area contributed by atoms with Crippen LogP contribution in [-0.4, -0.2) is 36.5 Å². The Labute approximate surface area is 136 Å². The molecule has 1 amide bonds. The lowest BCUT2D eigenvalue weighted by atomic mass is 9.87. The van der Waals surface area contributed by atoms with Crippen LogP contribution >= 0.6 is 12.4 Å². The zero-order valence-corrected chi connectivity index (χ0v) is 14.2. The standard InChI is InChI=1S/C17H30N2O.ClH/c1-3-11-19(13-15-7-5-4-6-8-15)17(20)16-9-10-18-14(2)12-16;/h3,14-16,18H,1,4-13H2,2H3;1H/t14-,16-;/m0./s1. The molecule has 2 aliphatic rings. The zero-order valence-electron chi connectivity index (χ0n) is 13.4. The molecule has 1 N–H and O–H groups in total. The van der Waals surface area contributed by atoms with Gasteiger partial charge in [0.2, 0.25) is 5.91 Å². The van der Waals surface area contributed by atoms with Crippen molar-refractivity contribution in [2.75, 3.05) is 19.6 Å². The van der Waals surface area contributed by atoms with Gasteiger partial charge in [0, 0.05) is 25.0 Å². The van der Waals surface area contributed by atoms with E-state index in [1.54, 1.807) is 0 Å². The third-order valence-corrected chi connectivity index (χ3v) is 4.84. The van der Waals surface area contributed by atoms with E-state index in [4.69, 9.17) is 0 Å². The molecule has 122 valence electrons. The molecular formula is C17H31ClN2O. The Balaban J connectivity index is 0.00000220. The SMILES string of the molecule is C=CCN(CC1CCCCC1)C(=O)[C@H]1CCN[C@@H](C)C1.Cl. The Morgan fingerprint density at radius 2 is 2.00 bits per heavy atom. The van der Waals surface area contributed by atoms with E-state index in [9.17, 15) is 4.79 Å². The summed E-state index contributed by atoms with van der Waals surface area (Å²) >= 11 is 0. The van der Waals surface area contributed by atoms with E-state index in [-0.39, 0.29) is 18.3 Å². The minimum Gasteiger partial charge on any atom is -0.338 e. The summed E-state index contributed by atoms with van der Waals surface area (Å²) in [7, 11) is 0. The van der Waals surface area contributed by atoms with E-state index in [1.165, 1.54) is 32.1 Å². The fourth-order valence-corrected chi connectivity index (χ4v) is 3.71. The summed E-state index contributed by atoms with van der Waals surface area (Å²) in [5.41, 5.74) is 0. The number of piperidine rings is 1. The average Bonchev–Trinajstić information content (AvgIpc) is 2.47. The molecule has 0 aromatic carbocycles. The summed E-state index contributed by atoms with van der Waals surface area (Å²) in [6.07, 6.45) is 10.5. The molecule has 2 rings (SSSR count). The van der Waals surface area contributed by atoms with Crippen molar-refractivity contribution in [1.82, 2.24) is 10.2 Å². The van der Waals surface area contributed by atoms with Crippen molar-refractivity contribution in [3.05, 3.63) is 12.7 Å². The predicted octanol–water partition coefficient (Wildman–Crippen LogP) is 3.39. The molecule has 0 aromatic heterocycles. The van der Waals surface area contributed by atoms with E-state index in [0.717, 1.165) is 25.9 Å². The molecule has 1 saturated carbocycles. The molecule has 1 heterocycles. The van der Waals surface area contributed by atoms with Gasteiger partial charge in [-0.25, -0.2) is 0 Å². The first kappa shape index (κ1) is 18.5. The third-order valence-electron chi connectivity index (χ3n) is 4.84. The van der Waals surface area contributed by atoms with Crippen molar-refractivity contribution in [2.45, 2.75) is 57.9 Å². The van der Waals surface area contributed by atoms with Crippen LogP contribution in [0.1, 0.15) is 51.9 Å². The molecule has 3 nitrogen and oxygen atoms in total. The first-order valence-corrected chi connectivity index (χ1v) is 8.33. The molecular weight excluding hydrogens is 284 g/mol. The Hall–Kier alpha value is -0.540. The van der Waals surface area contributed by atoms with Gasteiger partial charge in [0.15, 0.2) is 0 Å². The summed E-state index contributed by atoms with van der Waals surface area (Å²) in [5, 5.41) is 3.43. The molecule has 1 saturated heterocycles. The Bertz CT molecular complexity index is 329. The maximum atomic E-state index is 12.8. The number of halogens is 1. The third kappa shape index (κ3) is 5.63. The van der Waals surface area contributed by atoms with E-state index in [0.29, 0.717) is 24.4 Å². The van der Waals surface area contributed by atoms with Crippen molar-refractivity contribution in [3.8, 4) is 0 Å². The number of carbonyl (C=O) groups excluding carboxylic acids is 1. The highest BCUT2D eigenvalue weighted by atomic mass is 35.5. The molecule has 2 atom stereocenters. The number of nitrogens with one attached hydrogen (secondary N) is 1. The van der Waals surface area contributed by atoms with Gasteiger partial charge in [-0.1, -0.05) is 25.3 Å². The fourth-order valence-electron chi connectivity index (χ4n) is 3.71. The monoisotopic (exact) mass is 314 g/mol. The largest absolute Gasteiger partial charge is 0.338 e.